The van der Waals surface area contributed by atoms with Crippen molar-refractivity contribution < 1.29 is 31.1 Å². The van der Waals surface area contributed by atoms with Crippen molar-refractivity contribution in [2.24, 2.45) is 0 Å². The number of rotatable bonds is 6. The van der Waals surface area contributed by atoms with Crippen LogP contribution in [0.15, 0.2) is 97.1 Å². The number of fused-ring (bicyclic) bond motifs is 1. The molecule has 0 saturated heterocycles. The fourth-order valence-corrected chi connectivity index (χ4v) is 5.46. The van der Waals surface area contributed by atoms with Gasteiger partial charge in [-0.1, -0.05) is 60.2 Å². The summed E-state index contributed by atoms with van der Waals surface area (Å²) in [6.45, 7) is 1.97. The van der Waals surface area contributed by atoms with Crippen molar-refractivity contribution >= 4 is 21.6 Å². The predicted octanol–water partition coefficient (Wildman–Crippen LogP) is 10.3. The number of benzene rings is 5. The lowest BCUT2D eigenvalue weighted by atomic mass is 9.97. The van der Waals surface area contributed by atoms with Crippen LogP contribution in [0.25, 0.3) is 43.6 Å². The largest absolute Gasteiger partial charge is 0.454 e. The molecule has 0 aliphatic heterocycles. The van der Waals surface area contributed by atoms with E-state index in [1.165, 1.54) is 36.4 Å². The second kappa shape index (κ2) is 10.6. The molecular formula is C33H19F6NOS. The average Bonchev–Trinajstić information content (AvgIpc) is 3.40. The van der Waals surface area contributed by atoms with Crippen molar-refractivity contribution in [3.63, 3.8) is 0 Å². The second-order valence-electron chi connectivity index (χ2n) is 9.65. The van der Waals surface area contributed by atoms with Gasteiger partial charge in [-0.3, -0.25) is 0 Å². The van der Waals surface area contributed by atoms with E-state index in [2.05, 4.69) is 9.72 Å². The van der Waals surface area contributed by atoms with E-state index in [-0.39, 0.29) is 16.6 Å². The molecule has 0 N–H and O–H groups in total. The molecule has 210 valence electrons. The topological polar surface area (TPSA) is 22.1 Å². The van der Waals surface area contributed by atoms with Crippen LogP contribution in [0.2, 0.25) is 0 Å². The molecule has 0 atom stereocenters. The Morgan fingerprint density at radius 2 is 1.19 bits per heavy atom. The van der Waals surface area contributed by atoms with Gasteiger partial charge in [0, 0.05) is 17.2 Å². The molecule has 42 heavy (non-hydrogen) atoms. The first-order chi connectivity index (χ1) is 20.1. The maximum Gasteiger partial charge on any atom is 0.454 e. The van der Waals surface area contributed by atoms with Gasteiger partial charge < -0.3 is 4.74 Å². The molecule has 9 heteroatoms. The lowest BCUT2D eigenvalue weighted by molar-refractivity contribution is -0.185. The van der Waals surface area contributed by atoms with Gasteiger partial charge in [0.2, 0.25) is 5.01 Å². The highest BCUT2D eigenvalue weighted by atomic mass is 32.1. The number of halogens is 6. The summed E-state index contributed by atoms with van der Waals surface area (Å²) in [6.07, 6.45) is -3.93. The summed E-state index contributed by atoms with van der Waals surface area (Å²) in [4.78, 5) is 3.91. The van der Waals surface area contributed by atoms with Gasteiger partial charge in [-0.2, -0.15) is 8.78 Å². The van der Waals surface area contributed by atoms with Gasteiger partial charge in [-0.25, -0.2) is 22.5 Å². The monoisotopic (exact) mass is 591 g/mol. The van der Waals surface area contributed by atoms with E-state index in [1.54, 1.807) is 18.2 Å². The summed E-state index contributed by atoms with van der Waals surface area (Å²) in [5.74, 6) is -4.20. The zero-order valence-corrected chi connectivity index (χ0v) is 22.6. The fraction of sp³-hybridized carbons (Fsp3) is 0.0606. The highest BCUT2D eigenvalue weighted by Crippen LogP contribution is 2.39. The standard InChI is InChI=1S/C33H19F6NOS/c1-18-2-4-19(5-3-18)20-6-10-24(27(35)14-20)21-7-11-25(28(36)15-21)22-8-13-30-31(16-22)42-32(40-30)33(38,39)41-23-9-12-26(34)29(37)17-23/h2-17H,1H3. The molecule has 1 aromatic heterocycles. The average molecular weight is 592 g/mol. The Labute approximate surface area is 240 Å². The van der Waals surface area contributed by atoms with Crippen LogP contribution < -0.4 is 4.74 Å². The van der Waals surface area contributed by atoms with Crippen LogP contribution >= 0.6 is 11.3 Å². The third-order valence-corrected chi connectivity index (χ3v) is 7.79. The summed E-state index contributed by atoms with van der Waals surface area (Å²) in [7, 11) is 0. The van der Waals surface area contributed by atoms with E-state index >= 15 is 8.78 Å². The summed E-state index contributed by atoms with van der Waals surface area (Å²) in [5.41, 5.74) is 4.06. The van der Waals surface area contributed by atoms with Crippen LogP contribution in [0.5, 0.6) is 5.75 Å². The van der Waals surface area contributed by atoms with Crippen molar-refractivity contribution in [1.82, 2.24) is 4.98 Å². The number of aromatic nitrogens is 1. The number of nitrogens with zero attached hydrogens (tertiary/aromatic N) is 1. The van der Waals surface area contributed by atoms with Crippen molar-refractivity contribution in [2.45, 2.75) is 13.0 Å². The Balaban J connectivity index is 1.26. The highest BCUT2D eigenvalue weighted by molar-refractivity contribution is 7.18. The number of aryl methyl sites for hydroxylation is 1. The molecule has 0 fully saturated rings. The van der Waals surface area contributed by atoms with E-state index in [1.807, 2.05) is 31.2 Å². The minimum Gasteiger partial charge on any atom is -0.427 e. The van der Waals surface area contributed by atoms with Gasteiger partial charge in [0.05, 0.1) is 10.2 Å². The number of hydrogen-bond donors (Lipinski definition) is 0. The number of thiazole rings is 1. The van der Waals surface area contributed by atoms with E-state index in [9.17, 15) is 17.6 Å². The Kier molecular flexibility index (Phi) is 6.98. The first kappa shape index (κ1) is 27.5. The number of hydrogen-bond acceptors (Lipinski definition) is 3. The second-order valence-corrected chi connectivity index (χ2v) is 10.7. The van der Waals surface area contributed by atoms with Gasteiger partial charge in [-0.15, -0.1) is 11.3 Å². The normalized spacial score (nSPS) is 11.7. The zero-order chi connectivity index (χ0) is 29.6. The molecule has 0 unspecified atom stereocenters. The number of ether oxygens (including phenoxy) is 1. The molecule has 0 radical (unpaired) electrons. The summed E-state index contributed by atoms with van der Waals surface area (Å²) >= 11 is 0.622. The molecule has 1 heterocycles. The first-order valence-electron chi connectivity index (χ1n) is 12.7. The van der Waals surface area contributed by atoms with E-state index in [4.69, 9.17) is 0 Å². The van der Waals surface area contributed by atoms with Crippen molar-refractivity contribution in [2.75, 3.05) is 0 Å². The molecule has 0 aliphatic rings. The quantitative estimate of drug-likeness (QED) is 0.180. The van der Waals surface area contributed by atoms with Crippen LogP contribution in [0, 0.1) is 30.2 Å². The van der Waals surface area contributed by atoms with Crippen LogP contribution in [0.1, 0.15) is 10.6 Å². The van der Waals surface area contributed by atoms with Crippen molar-refractivity contribution in [3.05, 3.63) is 131 Å². The Morgan fingerprint density at radius 3 is 1.86 bits per heavy atom. The zero-order valence-electron chi connectivity index (χ0n) is 21.8. The maximum absolute atomic E-state index is 15.3. The Bertz CT molecular complexity index is 1950. The lowest BCUT2D eigenvalue weighted by Crippen LogP contribution is -2.21. The molecule has 0 amide bonds. The van der Waals surface area contributed by atoms with Crippen LogP contribution in [0.3, 0.4) is 0 Å². The molecule has 6 rings (SSSR count). The first-order valence-corrected chi connectivity index (χ1v) is 13.5. The van der Waals surface area contributed by atoms with E-state index < -0.39 is 40.1 Å². The smallest absolute Gasteiger partial charge is 0.427 e. The lowest BCUT2D eigenvalue weighted by Gasteiger charge is -2.15. The minimum atomic E-state index is -3.93. The van der Waals surface area contributed by atoms with Gasteiger partial charge in [0.25, 0.3) is 0 Å². The van der Waals surface area contributed by atoms with E-state index in [0.717, 1.165) is 17.2 Å². The SMILES string of the molecule is Cc1ccc(-c2ccc(-c3ccc(-c4ccc5nc(C(F)(F)Oc6ccc(F)c(F)c6)sc5c4)c(F)c3)c(F)c2)cc1. The summed E-state index contributed by atoms with van der Waals surface area (Å²) < 4.78 is 91.5. The molecule has 0 aliphatic carbocycles. The molecule has 0 spiro atoms. The Hall–Kier alpha value is -4.63. The molecular weight excluding hydrogens is 572 g/mol. The molecule has 0 saturated carbocycles. The van der Waals surface area contributed by atoms with Crippen LogP contribution in [0.4, 0.5) is 26.3 Å². The van der Waals surface area contributed by atoms with Crippen molar-refractivity contribution in [1.29, 1.82) is 0 Å². The fourth-order valence-electron chi connectivity index (χ4n) is 4.54. The van der Waals surface area contributed by atoms with Crippen molar-refractivity contribution in [3.8, 4) is 39.1 Å². The molecule has 5 aromatic carbocycles. The maximum atomic E-state index is 15.3. The molecule has 2 nitrogen and oxygen atoms in total. The summed E-state index contributed by atoms with van der Waals surface area (Å²) in [5, 5.41) is -0.709. The van der Waals surface area contributed by atoms with Crippen LogP contribution in [-0.2, 0) is 6.11 Å². The molecule has 0 bridgehead atoms. The molecule has 6 aromatic rings. The van der Waals surface area contributed by atoms with Gasteiger partial charge in [0.15, 0.2) is 11.6 Å². The van der Waals surface area contributed by atoms with Gasteiger partial charge in [-0.05, 0) is 65.6 Å². The Morgan fingerprint density at radius 1 is 0.595 bits per heavy atom. The summed E-state index contributed by atoms with van der Waals surface area (Å²) in [6, 6.07) is 23.4. The third kappa shape index (κ3) is 5.35. The highest BCUT2D eigenvalue weighted by Gasteiger charge is 2.39. The predicted molar refractivity (Wildman–Crippen MR) is 151 cm³/mol. The minimum absolute atomic E-state index is 0.192. The van der Waals surface area contributed by atoms with Gasteiger partial charge in [0.1, 0.15) is 17.4 Å². The van der Waals surface area contributed by atoms with Gasteiger partial charge >= 0.3 is 6.11 Å². The number of alkyl halides is 2. The van der Waals surface area contributed by atoms with E-state index in [0.29, 0.717) is 44.9 Å². The third-order valence-electron chi connectivity index (χ3n) is 6.72. The van der Waals surface area contributed by atoms with Crippen LogP contribution in [-0.4, -0.2) is 4.98 Å².